The van der Waals surface area contributed by atoms with Gasteiger partial charge in [0.05, 0.1) is 18.3 Å². The molecule has 1 aromatic heterocycles. The van der Waals surface area contributed by atoms with Crippen LogP contribution in [-0.2, 0) is 6.54 Å². The van der Waals surface area contributed by atoms with E-state index in [-0.39, 0.29) is 18.3 Å². The van der Waals surface area contributed by atoms with Gasteiger partial charge in [-0.1, -0.05) is 29.8 Å². The largest absolute Gasteiger partial charge is 0.337 e. The summed E-state index contributed by atoms with van der Waals surface area (Å²) in [4.78, 5) is 14.7. The SMILES string of the molecule is Cl.O=C(c1cnn(Cc2ccccc2Cl)c1)N1CCC2CCC(C1)N2. The van der Waals surface area contributed by atoms with Gasteiger partial charge in [-0.05, 0) is 30.9 Å². The van der Waals surface area contributed by atoms with Crippen LogP contribution in [0.3, 0.4) is 0 Å². The molecule has 25 heavy (non-hydrogen) atoms. The zero-order valence-corrected chi connectivity index (χ0v) is 15.5. The lowest BCUT2D eigenvalue weighted by Crippen LogP contribution is -2.38. The monoisotopic (exact) mass is 380 g/mol. The Bertz CT molecular complexity index is 748. The molecule has 0 aliphatic carbocycles. The lowest BCUT2D eigenvalue weighted by Gasteiger charge is -2.23. The predicted octanol–water partition coefficient (Wildman–Crippen LogP) is 2.97. The number of rotatable bonds is 3. The first kappa shape index (κ1) is 18.2. The number of nitrogens with zero attached hydrogens (tertiary/aromatic N) is 3. The third kappa shape index (κ3) is 4.00. The fourth-order valence-electron chi connectivity index (χ4n) is 3.67. The number of carbonyl (C=O) groups is 1. The van der Waals surface area contributed by atoms with Crippen molar-refractivity contribution in [2.45, 2.75) is 37.9 Å². The minimum atomic E-state index is 0. The number of halogens is 2. The van der Waals surface area contributed by atoms with Crippen LogP contribution in [0.2, 0.25) is 5.02 Å². The molecule has 1 aromatic carbocycles. The lowest BCUT2D eigenvalue weighted by molar-refractivity contribution is 0.0748. The summed E-state index contributed by atoms with van der Waals surface area (Å²) in [5.74, 6) is 0.0785. The summed E-state index contributed by atoms with van der Waals surface area (Å²) in [6.07, 6.45) is 6.93. The normalized spacial score (nSPS) is 22.4. The molecule has 4 rings (SSSR count). The number of fused-ring (bicyclic) bond motifs is 2. The molecule has 2 aliphatic heterocycles. The van der Waals surface area contributed by atoms with E-state index in [1.54, 1.807) is 10.9 Å². The maximum Gasteiger partial charge on any atom is 0.257 e. The van der Waals surface area contributed by atoms with Gasteiger partial charge in [-0.3, -0.25) is 9.48 Å². The number of hydrogen-bond acceptors (Lipinski definition) is 3. The summed E-state index contributed by atoms with van der Waals surface area (Å²) >= 11 is 6.20. The zero-order valence-electron chi connectivity index (χ0n) is 13.9. The second kappa shape index (κ2) is 7.77. The predicted molar refractivity (Wildman–Crippen MR) is 100 cm³/mol. The van der Waals surface area contributed by atoms with Crippen molar-refractivity contribution < 1.29 is 4.79 Å². The van der Waals surface area contributed by atoms with E-state index < -0.39 is 0 Å². The van der Waals surface area contributed by atoms with Crippen molar-refractivity contribution in [3.8, 4) is 0 Å². The lowest BCUT2D eigenvalue weighted by atomic mass is 10.1. The van der Waals surface area contributed by atoms with Gasteiger partial charge in [0.1, 0.15) is 0 Å². The highest BCUT2D eigenvalue weighted by Crippen LogP contribution is 2.22. The topological polar surface area (TPSA) is 50.2 Å². The van der Waals surface area contributed by atoms with Gasteiger partial charge >= 0.3 is 0 Å². The maximum atomic E-state index is 12.8. The summed E-state index contributed by atoms with van der Waals surface area (Å²) in [6.45, 7) is 2.19. The van der Waals surface area contributed by atoms with E-state index in [0.29, 0.717) is 24.2 Å². The van der Waals surface area contributed by atoms with E-state index in [1.807, 2.05) is 35.4 Å². The van der Waals surface area contributed by atoms with Crippen LogP contribution >= 0.6 is 24.0 Å². The Morgan fingerprint density at radius 2 is 2.04 bits per heavy atom. The quantitative estimate of drug-likeness (QED) is 0.890. The molecule has 0 spiro atoms. The second-order valence-corrected chi connectivity index (χ2v) is 7.10. The Morgan fingerprint density at radius 3 is 2.88 bits per heavy atom. The third-order valence-electron chi connectivity index (χ3n) is 4.98. The molecular weight excluding hydrogens is 359 g/mol. The first-order valence-electron chi connectivity index (χ1n) is 8.50. The standard InChI is InChI=1S/C18H21ClN4O.ClH/c19-17-4-2-1-3-13(17)10-23-11-14(9-20-23)18(24)22-8-7-15-5-6-16(12-22)21-15;/h1-4,9,11,15-16,21H,5-8,10,12H2;1H. The minimum Gasteiger partial charge on any atom is -0.337 e. The third-order valence-corrected chi connectivity index (χ3v) is 5.35. The van der Waals surface area contributed by atoms with Crippen LogP contribution in [0.5, 0.6) is 0 Å². The molecule has 5 nitrogen and oxygen atoms in total. The number of amides is 1. The molecule has 1 N–H and O–H groups in total. The highest BCUT2D eigenvalue weighted by Gasteiger charge is 2.31. The van der Waals surface area contributed by atoms with Crippen molar-refractivity contribution in [1.82, 2.24) is 20.0 Å². The van der Waals surface area contributed by atoms with Crippen LogP contribution in [0.1, 0.15) is 35.2 Å². The summed E-state index contributed by atoms with van der Waals surface area (Å²) in [5.41, 5.74) is 1.65. The van der Waals surface area contributed by atoms with E-state index in [2.05, 4.69) is 10.4 Å². The molecular formula is C18H22Cl2N4O. The van der Waals surface area contributed by atoms with Crippen LogP contribution in [-0.4, -0.2) is 45.8 Å². The van der Waals surface area contributed by atoms with Gasteiger partial charge in [-0.25, -0.2) is 0 Å². The second-order valence-electron chi connectivity index (χ2n) is 6.70. The number of benzene rings is 1. The smallest absolute Gasteiger partial charge is 0.257 e. The highest BCUT2D eigenvalue weighted by molar-refractivity contribution is 6.31. The van der Waals surface area contributed by atoms with Crippen LogP contribution in [0, 0.1) is 0 Å². The first-order valence-corrected chi connectivity index (χ1v) is 8.88. The zero-order chi connectivity index (χ0) is 16.5. The maximum absolute atomic E-state index is 12.8. The molecule has 2 aromatic rings. The summed E-state index contributed by atoms with van der Waals surface area (Å²) in [5, 5.41) is 8.66. The number of nitrogens with one attached hydrogen (secondary N) is 1. The number of hydrogen-bond donors (Lipinski definition) is 1. The molecule has 2 fully saturated rings. The van der Waals surface area contributed by atoms with Crippen molar-refractivity contribution in [1.29, 1.82) is 0 Å². The molecule has 3 heterocycles. The first-order chi connectivity index (χ1) is 11.7. The number of aromatic nitrogens is 2. The van der Waals surface area contributed by atoms with E-state index in [1.165, 1.54) is 12.8 Å². The van der Waals surface area contributed by atoms with E-state index >= 15 is 0 Å². The fourth-order valence-corrected chi connectivity index (χ4v) is 3.87. The van der Waals surface area contributed by atoms with Crippen LogP contribution < -0.4 is 5.32 Å². The van der Waals surface area contributed by atoms with E-state index in [9.17, 15) is 4.79 Å². The Labute approximate surface area is 158 Å². The average molecular weight is 381 g/mol. The molecule has 2 saturated heterocycles. The summed E-state index contributed by atoms with van der Waals surface area (Å²) in [7, 11) is 0. The molecule has 2 unspecified atom stereocenters. The molecule has 0 radical (unpaired) electrons. The fraction of sp³-hybridized carbons (Fsp3) is 0.444. The van der Waals surface area contributed by atoms with Gasteiger partial charge < -0.3 is 10.2 Å². The highest BCUT2D eigenvalue weighted by atomic mass is 35.5. The van der Waals surface area contributed by atoms with Crippen molar-refractivity contribution in [3.05, 3.63) is 52.8 Å². The van der Waals surface area contributed by atoms with Gasteiger partial charge in [0, 0.05) is 36.4 Å². The van der Waals surface area contributed by atoms with Crippen molar-refractivity contribution >= 4 is 29.9 Å². The van der Waals surface area contributed by atoms with Crippen molar-refractivity contribution in [2.75, 3.05) is 13.1 Å². The minimum absolute atomic E-state index is 0. The Hall–Kier alpha value is -1.56. The summed E-state index contributed by atoms with van der Waals surface area (Å²) < 4.78 is 1.77. The van der Waals surface area contributed by atoms with Gasteiger partial charge in [0.15, 0.2) is 0 Å². The van der Waals surface area contributed by atoms with Crippen LogP contribution in [0.25, 0.3) is 0 Å². The van der Waals surface area contributed by atoms with Crippen LogP contribution in [0.4, 0.5) is 0 Å². The van der Waals surface area contributed by atoms with Gasteiger partial charge in [0.2, 0.25) is 0 Å². The van der Waals surface area contributed by atoms with Gasteiger partial charge in [-0.2, -0.15) is 5.10 Å². The number of carbonyl (C=O) groups excluding carboxylic acids is 1. The Balaban J connectivity index is 0.00000182. The molecule has 0 saturated carbocycles. The van der Waals surface area contributed by atoms with Gasteiger partial charge in [-0.15, -0.1) is 12.4 Å². The number of likely N-dealkylation sites (tertiary alicyclic amines) is 1. The van der Waals surface area contributed by atoms with E-state index in [4.69, 9.17) is 11.6 Å². The average Bonchev–Trinajstić information content (AvgIpc) is 3.16. The van der Waals surface area contributed by atoms with Crippen molar-refractivity contribution in [3.63, 3.8) is 0 Å². The molecule has 1 amide bonds. The molecule has 7 heteroatoms. The van der Waals surface area contributed by atoms with Crippen LogP contribution in [0.15, 0.2) is 36.7 Å². The molecule has 2 atom stereocenters. The Kier molecular flexibility index (Phi) is 5.67. The van der Waals surface area contributed by atoms with E-state index in [0.717, 1.165) is 30.1 Å². The van der Waals surface area contributed by atoms with Crippen molar-refractivity contribution in [2.24, 2.45) is 0 Å². The van der Waals surface area contributed by atoms with Gasteiger partial charge in [0.25, 0.3) is 5.91 Å². The molecule has 2 bridgehead atoms. The molecule has 2 aliphatic rings. The summed E-state index contributed by atoms with van der Waals surface area (Å²) in [6, 6.07) is 8.73. The molecule has 134 valence electrons. The Morgan fingerprint density at radius 1 is 1.24 bits per heavy atom.